The normalized spacial score (nSPS) is 10.8. The van der Waals surface area contributed by atoms with Crippen molar-refractivity contribution in [3.8, 4) is 17.4 Å². The van der Waals surface area contributed by atoms with E-state index in [2.05, 4.69) is 5.10 Å². The molecule has 5 heteroatoms. The van der Waals surface area contributed by atoms with Crippen molar-refractivity contribution in [1.29, 1.82) is 0 Å². The van der Waals surface area contributed by atoms with Gasteiger partial charge in [0.1, 0.15) is 17.2 Å². The SMILES string of the molecule is COc1cccc(Oc2c(N)c(C(C)C)nn2C)c1. The van der Waals surface area contributed by atoms with Crippen molar-refractivity contribution < 1.29 is 9.47 Å². The van der Waals surface area contributed by atoms with Crippen molar-refractivity contribution in [1.82, 2.24) is 9.78 Å². The number of methoxy groups -OCH3 is 1. The van der Waals surface area contributed by atoms with Crippen LogP contribution in [0.25, 0.3) is 0 Å². The second-order valence-corrected chi connectivity index (χ2v) is 4.66. The highest BCUT2D eigenvalue weighted by molar-refractivity contribution is 5.55. The molecule has 0 aliphatic heterocycles. The zero-order chi connectivity index (χ0) is 14.0. The lowest BCUT2D eigenvalue weighted by atomic mass is 10.1. The van der Waals surface area contributed by atoms with E-state index in [0.717, 1.165) is 11.4 Å². The number of rotatable bonds is 4. The van der Waals surface area contributed by atoms with Gasteiger partial charge < -0.3 is 15.2 Å². The monoisotopic (exact) mass is 261 g/mol. The van der Waals surface area contributed by atoms with Crippen LogP contribution in [0.15, 0.2) is 24.3 Å². The molecule has 0 amide bonds. The smallest absolute Gasteiger partial charge is 0.241 e. The van der Waals surface area contributed by atoms with Gasteiger partial charge in [-0.05, 0) is 18.1 Å². The van der Waals surface area contributed by atoms with Crippen LogP contribution in [0, 0.1) is 0 Å². The molecule has 0 aliphatic rings. The molecule has 1 aromatic carbocycles. The summed E-state index contributed by atoms with van der Waals surface area (Å²) < 4.78 is 12.6. The van der Waals surface area contributed by atoms with Gasteiger partial charge in [-0.1, -0.05) is 19.9 Å². The summed E-state index contributed by atoms with van der Waals surface area (Å²) in [5.74, 6) is 2.22. The van der Waals surface area contributed by atoms with E-state index in [-0.39, 0.29) is 5.92 Å². The van der Waals surface area contributed by atoms with Crippen molar-refractivity contribution >= 4 is 5.69 Å². The second-order valence-electron chi connectivity index (χ2n) is 4.66. The quantitative estimate of drug-likeness (QED) is 0.919. The Morgan fingerprint density at radius 1 is 1.26 bits per heavy atom. The molecule has 0 spiro atoms. The number of aromatic nitrogens is 2. The van der Waals surface area contributed by atoms with Gasteiger partial charge in [-0.3, -0.25) is 0 Å². The average molecular weight is 261 g/mol. The van der Waals surface area contributed by atoms with Gasteiger partial charge in [0.05, 0.1) is 12.8 Å². The largest absolute Gasteiger partial charge is 0.497 e. The van der Waals surface area contributed by atoms with Crippen LogP contribution in [-0.4, -0.2) is 16.9 Å². The molecule has 0 saturated carbocycles. The summed E-state index contributed by atoms with van der Waals surface area (Å²) in [6.45, 7) is 4.10. The minimum atomic E-state index is 0.258. The van der Waals surface area contributed by atoms with Crippen LogP contribution in [0.1, 0.15) is 25.5 Å². The van der Waals surface area contributed by atoms with Crippen LogP contribution in [0.5, 0.6) is 17.4 Å². The third-order valence-electron chi connectivity index (χ3n) is 2.86. The molecule has 2 N–H and O–H groups in total. The Labute approximate surface area is 112 Å². The number of anilines is 1. The molecule has 1 aromatic heterocycles. The summed E-state index contributed by atoms with van der Waals surface area (Å²) in [5, 5.41) is 4.38. The molecular weight excluding hydrogens is 242 g/mol. The number of nitrogens with zero attached hydrogens (tertiary/aromatic N) is 2. The molecule has 19 heavy (non-hydrogen) atoms. The first-order valence-corrected chi connectivity index (χ1v) is 6.17. The zero-order valence-corrected chi connectivity index (χ0v) is 11.7. The number of benzene rings is 1. The van der Waals surface area contributed by atoms with Crippen LogP contribution >= 0.6 is 0 Å². The molecule has 0 aliphatic carbocycles. The molecule has 0 radical (unpaired) electrons. The summed E-state index contributed by atoms with van der Waals surface area (Å²) in [4.78, 5) is 0. The minimum absolute atomic E-state index is 0.258. The molecule has 102 valence electrons. The predicted molar refractivity (Wildman–Crippen MR) is 74.8 cm³/mol. The number of hydrogen-bond acceptors (Lipinski definition) is 4. The van der Waals surface area contributed by atoms with Gasteiger partial charge >= 0.3 is 0 Å². The molecule has 1 heterocycles. The maximum Gasteiger partial charge on any atom is 0.241 e. The fourth-order valence-electron chi connectivity index (χ4n) is 1.87. The maximum absolute atomic E-state index is 6.08. The highest BCUT2D eigenvalue weighted by Crippen LogP contribution is 2.33. The molecule has 2 aromatic rings. The van der Waals surface area contributed by atoms with E-state index in [4.69, 9.17) is 15.2 Å². The van der Waals surface area contributed by atoms with E-state index in [1.165, 1.54) is 0 Å². The van der Waals surface area contributed by atoms with Gasteiger partial charge in [-0.25, -0.2) is 4.68 Å². The van der Waals surface area contributed by atoms with Crippen molar-refractivity contribution in [2.75, 3.05) is 12.8 Å². The number of nitrogens with two attached hydrogens (primary N) is 1. The molecule has 2 rings (SSSR count). The topological polar surface area (TPSA) is 62.3 Å². The second kappa shape index (κ2) is 5.22. The Morgan fingerprint density at radius 2 is 1.95 bits per heavy atom. The lowest BCUT2D eigenvalue weighted by Gasteiger charge is -2.08. The molecule has 0 saturated heterocycles. The summed E-state index contributed by atoms with van der Waals surface area (Å²) in [5.41, 5.74) is 7.52. The zero-order valence-electron chi connectivity index (χ0n) is 11.7. The van der Waals surface area contributed by atoms with E-state index in [0.29, 0.717) is 17.3 Å². The Hall–Kier alpha value is -2.17. The summed E-state index contributed by atoms with van der Waals surface area (Å²) in [6, 6.07) is 7.38. The van der Waals surface area contributed by atoms with Crippen molar-refractivity contribution in [2.24, 2.45) is 7.05 Å². The molecule has 5 nitrogen and oxygen atoms in total. The number of nitrogen functional groups attached to an aromatic ring is 1. The average Bonchev–Trinajstić information content (AvgIpc) is 2.67. The van der Waals surface area contributed by atoms with Crippen LogP contribution in [0.3, 0.4) is 0 Å². The molecule has 0 fully saturated rings. The van der Waals surface area contributed by atoms with E-state index < -0.39 is 0 Å². The Bertz CT molecular complexity index is 576. The van der Waals surface area contributed by atoms with Gasteiger partial charge in [0.25, 0.3) is 0 Å². The Balaban J connectivity index is 2.32. The van der Waals surface area contributed by atoms with Crippen LogP contribution in [0.2, 0.25) is 0 Å². The first-order chi connectivity index (χ1) is 9.02. The highest BCUT2D eigenvalue weighted by atomic mass is 16.5. The van der Waals surface area contributed by atoms with E-state index in [9.17, 15) is 0 Å². The third kappa shape index (κ3) is 2.65. The fraction of sp³-hybridized carbons (Fsp3) is 0.357. The van der Waals surface area contributed by atoms with Gasteiger partial charge in [0.2, 0.25) is 5.88 Å². The van der Waals surface area contributed by atoms with Crippen LogP contribution < -0.4 is 15.2 Å². The van der Waals surface area contributed by atoms with E-state index in [1.807, 2.05) is 45.2 Å². The molecule has 0 atom stereocenters. The summed E-state index contributed by atoms with van der Waals surface area (Å²) >= 11 is 0. The van der Waals surface area contributed by atoms with E-state index >= 15 is 0 Å². The summed E-state index contributed by atoms with van der Waals surface area (Å²) in [7, 11) is 3.44. The van der Waals surface area contributed by atoms with Crippen molar-refractivity contribution in [2.45, 2.75) is 19.8 Å². The van der Waals surface area contributed by atoms with Gasteiger partial charge in [-0.2, -0.15) is 5.10 Å². The number of aryl methyl sites for hydroxylation is 1. The minimum Gasteiger partial charge on any atom is -0.497 e. The van der Waals surface area contributed by atoms with Crippen LogP contribution in [-0.2, 0) is 7.05 Å². The standard InChI is InChI=1S/C14H19N3O2/c1-9(2)13-12(15)14(17(3)16-13)19-11-7-5-6-10(8-11)18-4/h5-9H,15H2,1-4H3. The Kier molecular flexibility index (Phi) is 3.64. The van der Waals surface area contributed by atoms with Crippen molar-refractivity contribution in [3.63, 3.8) is 0 Å². The maximum atomic E-state index is 6.08. The Morgan fingerprint density at radius 3 is 2.53 bits per heavy atom. The number of ether oxygens (including phenoxy) is 2. The first kappa shape index (κ1) is 13.3. The van der Waals surface area contributed by atoms with Gasteiger partial charge in [0, 0.05) is 13.1 Å². The van der Waals surface area contributed by atoms with Crippen molar-refractivity contribution in [3.05, 3.63) is 30.0 Å². The molecule has 0 bridgehead atoms. The predicted octanol–water partition coefficient (Wildman–Crippen LogP) is 2.93. The van der Waals surface area contributed by atoms with Crippen LogP contribution in [0.4, 0.5) is 5.69 Å². The first-order valence-electron chi connectivity index (χ1n) is 6.17. The molecule has 0 unspecified atom stereocenters. The fourth-order valence-corrected chi connectivity index (χ4v) is 1.87. The van der Waals surface area contributed by atoms with E-state index in [1.54, 1.807) is 11.8 Å². The molecular formula is C14H19N3O2. The highest BCUT2D eigenvalue weighted by Gasteiger charge is 2.17. The van der Waals surface area contributed by atoms with Gasteiger partial charge in [-0.15, -0.1) is 0 Å². The lowest BCUT2D eigenvalue weighted by molar-refractivity contribution is 0.402. The third-order valence-corrected chi connectivity index (χ3v) is 2.86. The summed E-state index contributed by atoms with van der Waals surface area (Å²) in [6.07, 6.45) is 0. The lowest BCUT2D eigenvalue weighted by Crippen LogP contribution is -1.97. The van der Waals surface area contributed by atoms with Gasteiger partial charge in [0.15, 0.2) is 0 Å². The number of hydrogen-bond donors (Lipinski definition) is 1.